The normalized spacial score (nSPS) is 11.9. The first-order valence-electron chi connectivity index (χ1n) is 7.86. The number of rotatable bonds is 5. The van der Waals surface area contributed by atoms with E-state index in [0.29, 0.717) is 10.6 Å². The van der Waals surface area contributed by atoms with E-state index in [9.17, 15) is 9.59 Å². The van der Waals surface area contributed by atoms with Crippen LogP contribution in [-0.2, 0) is 11.2 Å². The number of primary amides is 1. The van der Waals surface area contributed by atoms with Gasteiger partial charge in [-0.25, -0.2) is 0 Å². The highest BCUT2D eigenvalue weighted by atomic mass is 35.5. The van der Waals surface area contributed by atoms with Crippen LogP contribution in [0.3, 0.4) is 0 Å². The molecule has 0 saturated carbocycles. The van der Waals surface area contributed by atoms with Crippen molar-refractivity contribution in [2.75, 3.05) is 0 Å². The third kappa shape index (κ3) is 4.17. The zero-order valence-corrected chi connectivity index (χ0v) is 14.2. The minimum atomic E-state index is -0.808. The minimum absolute atomic E-state index is 0.287. The van der Waals surface area contributed by atoms with Crippen molar-refractivity contribution in [2.24, 2.45) is 5.73 Å². The van der Waals surface area contributed by atoms with Gasteiger partial charge in [0, 0.05) is 17.0 Å². The van der Waals surface area contributed by atoms with Crippen LogP contribution in [0.5, 0.6) is 0 Å². The molecular formula is C20H17ClN2O2. The molecular weight excluding hydrogens is 336 g/mol. The molecule has 4 nitrogen and oxygen atoms in total. The van der Waals surface area contributed by atoms with Gasteiger partial charge in [-0.1, -0.05) is 54.1 Å². The van der Waals surface area contributed by atoms with Crippen molar-refractivity contribution >= 4 is 34.2 Å². The summed E-state index contributed by atoms with van der Waals surface area (Å²) < 4.78 is 0. The molecule has 3 rings (SSSR count). The molecule has 0 fully saturated rings. The van der Waals surface area contributed by atoms with Gasteiger partial charge in [0.25, 0.3) is 5.91 Å². The van der Waals surface area contributed by atoms with Crippen molar-refractivity contribution in [2.45, 2.75) is 12.5 Å². The molecule has 0 spiro atoms. The highest BCUT2D eigenvalue weighted by molar-refractivity contribution is 6.30. The Morgan fingerprint density at radius 3 is 2.44 bits per heavy atom. The lowest BCUT2D eigenvalue weighted by Gasteiger charge is -2.16. The quantitative estimate of drug-likeness (QED) is 0.739. The van der Waals surface area contributed by atoms with Gasteiger partial charge in [-0.3, -0.25) is 9.59 Å². The maximum absolute atomic E-state index is 12.5. The lowest BCUT2D eigenvalue weighted by Crippen LogP contribution is -2.45. The number of nitrogens with one attached hydrogen (secondary N) is 1. The summed E-state index contributed by atoms with van der Waals surface area (Å²) in [5.41, 5.74) is 6.76. The van der Waals surface area contributed by atoms with Crippen LogP contribution in [0.4, 0.5) is 0 Å². The molecule has 25 heavy (non-hydrogen) atoms. The van der Waals surface area contributed by atoms with Crippen molar-refractivity contribution in [3.63, 3.8) is 0 Å². The summed E-state index contributed by atoms with van der Waals surface area (Å²) in [4.78, 5) is 24.3. The van der Waals surface area contributed by atoms with Gasteiger partial charge in [0.2, 0.25) is 5.91 Å². The number of amides is 2. The van der Waals surface area contributed by atoms with Crippen LogP contribution in [0.1, 0.15) is 15.9 Å². The second-order valence-electron chi connectivity index (χ2n) is 5.82. The maximum Gasteiger partial charge on any atom is 0.251 e. The number of hydrogen-bond donors (Lipinski definition) is 2. The van der Waals surface area contributed by atoms with Gasteiger partial charge >= 0.3 is 0 Å². The predicted octanol–water partition coefficient (Wildman–Crippen LogP) is 3.32. The Morgan fingerprint density at radius 2 is 1.72 bits per heavy atom. The molecule has 0 aromatic heterocycles. The van der Waals surface area contributed by atoms with E-state index < -0.39 is 11.9 Å². The first-order valence-corrected chi connectivity index (χ1v) is 8.24. The summed E-state index contributed by atoms with van der Waals surface area (Å²) in [7, 11) is 0. The van der Waals surface area contributed by atoms with Crippen molar-refractivity contribution in [3.05, 3.63) is 82.9 Å². The van der Waals surface area contributed by atoms with Crippen molar-refractivity contribution < 1.29 is 9.59 Å². The molecule has 5 heteroatoms. The molecule has 0 heterocycles. The lowest BCUT2D eigenvalue weighted by atomic mass is 10.0. The summed E-state index contributed by atoms with van der Waals surface area (Å²) in [5, 5.41) is 5.28. The fourth-order valence-corrected chi connectivity index (χ4v) is 2.91. The summed E-state index contributed by atoms with van der Waals surface area (Å²) in [5.74, 6) is -0.925. The number of benzene rings is 3. The number of fused-ring (bicyclic) bond motifs is 1. The van der Waals surface area contributed by atoms with Gasteiger partial charge < -0.3 is 11.1 Å². The molecule has 0 bridgehead atoms. The van der Waals surface area contributed by atoms with Crippen LogP contribution in [-0.4, -0.2) is 17.9 Å². The predicted molar refractivity (Wildman–Crippen MR) is 99.6 cm³/mol. The van der Waals surface area contributed by atoms with Gasteiger partial charge in [-0.2, -0.15) is 0 Å². The molecule has 0 unspecified atom stereocenters. The van der Waals surface area contributed by atoms with Crippen LogP contribution in [0, 0.1) is 0 Å². The SMILES string of the molecule is NC(=O)[C@H](Cc1cccc(Cl)c1)NC(=O)c1ccc2ccccc2c1. The second-order valence-corrected chi connectivity index (χ2v) is 6.26. The summed E-state index contributed by atoms with van der Waals surface area (Å²) in [6, 6.07) is 19.5. The van der Waals surface area contributed by atoms with E-state index in [0.717, 1.165) is 16.3 Å². The molecule has 0 aliphatic heterocycles. The average Bonchev–Trinajstić information content (AvgIpc) is 2.60. The Morgan fingerprint density at radius 1 is 0.960 bits per heavy atom. The highest BCUT2D eigenvalue weighted by Gasteiger charge is 2.19. The molecule has 0 radical (unpaired) electrons. The van der Waals surface area contributed by atoms with E-state index in [4.69, 9.17) is 17.3 Å². The first-order chi connectivity index (χ1) is 12.0. The fourth-order valence-electron chi connectivity index (χ4n) is 2.69. The molecule has 0 aliphatic carbocycles. The maximum atomic E-state index is 12.5. The van der Waals surface area contributed by atoms with Gasteiger partial charge in [0.05, 0.1) is 0 Å². The first kappa shape index (κ1) is 17.0. The van der Waals surface area contributed by atoms with E-state index in [-0.39, 0.29) is 12.3 Å². The van der Waals surface area contributed by atoms with Crippen LogP contribution in [0.25, 0.3) is 10.8 Å². The third-order valence-electron chi connectivity index (χ3n) is 3.99. The minimum Gasteiger partial charge on any atom is -0.368 e. The number of hydrogen-bond acceptors (Lipinski definition) is 2. The smallest absolute Gasteiger partial charge is 0.251 e. The van der Waals surface area contributed by atoms with Crippen LogP contribution in [0.2, 0.25) is 5.02 Å². The summed E-state index contributed by atoms with van der Waals surface area (Å²) in [6.45, 7) is 0. The number of halogens is 1. The Labute approximate surface area is 150 Å². The molecule has 1 atom stereocenters. The average molecular weight is 353 g/mol. The Kier molecular flexibility index (Phi) is 5.00. The number of carbonyl (C=O) groups excluding carboxylic acids is 2. The topological polar surface area (TPSA) is 72.2 Å². The zero-order valence-electron chi connectivity index (χ0n) is 13.4. The second kappa shape index (κ2) is 7.36. The third-order valence-corrected chi connectivity index (χ3v) is 4.22. The lowest BCUT2D eigenvalue weighted by molar-refractivity contribution is -0.119. The van der Waals surface area contributed by atoms with Gasteiger partial charge in [-0.05, 0) is 40.6 Å². The number of nitrogens with two attached hydrogens (primary N) is 1. The Balaban J connectivity index is 1.78. The largest absolute Gasteiger partial charge is 0.368 e. The molecule has 3 N–H and O–H groups in total. The van der Waals surface area contributed by atoms with E-state index in [2.05, 4.69) is 5.32 Å². The summed E-state index contributed by atoms with van der Waals surface area (Å²) >= 11 is 5.96. The van der Waals surface area contributed by atoms with E-state index in [1.165, 1.54) is 0 Å². The van der Waals surface area contributed by atoms with Crippen LogP contribution >= 0.6 is 11.6 Å². The van der Waals surface area contributed by atoms with E-state index in [1.54, 1.807) is 30.3 Å². The molecule has 3 aromatic rings. The highest BCUT2D eigenvalue weighted by Crippen LogP contribution is 2.16. The monoisotopic (exact) mass is 352 g/mol. The van der Waals surface area contributed by atoms with E-state index >= 15 is 0 Å². The molecule has 0 saturated heterocycles. The molecule has 2 amide bonds. The Bertz CT molecular complexity index is 940. The molecule has 126 valence electrons. The number of carbonyl (C=O) groups is 2. The zero-order chi connectivity index (χ0) is 17.8. The van der Waals surface area contributed by atoms with Crippen molar-refractivity contribution in [3.8, 4) is 0 Å². The molecule has 3 aromatic carbocycles. The van der Waals surface area contributed by atoms with Crippen LogP contribution < -0.4 is 11.1 Å². The molecule has 0 aliphatic rings. The van der Waals surface area contributed by atoms with Gasteiger partial charge in [-0.15, -0.1) is 0 Å². The van der Waals surface area contributed by atoms with Crippen molar-refractivity contribution in [1.82, 2.24) is 5.32 Å². The van der Waals surface area contributed by atoms with Crippen molar-refractivity contribution in [1.29, 1.82) is 0 Å². The van der Waals surface area contributed by atoms with Gasteiger partial charge in [0.1, 0.15) is 6.04 Å². The summed E-state index contributed by atoms with van der Waals surface area (Å²) in [6.07, 6.45) is 0.287. The van der Waals surface area contributed by atoms with Gasteiger partial charge in [0.15, 0.2) is 0 Å². The van der Waals surface area contributed by atoms with E-state index in [1.807, 2.05) is 36.4 Å². The Hall–Kier alpha value is -2.85. The van der Waals surface area contributed by atoms with Crippen LogP contribution in [0.15, 0.2) is 66.7 Å². The standard InChI is InChI=1S/C20H17ClN2O2/c21-17-7-3-4-13(10-17)11-18(19(22)24)23-20(25)16-9-8-14-5-1-2-6-15(14)12-16/h1-10,12,18H,11H2,(H2,22,24)(H,23,25)/t18-/m0/s1. The fraction of sp³-hybridized carbons (Fsp3) is 0.100.